The highest BCUT2D eigenvalue weighted by atomic mass is 16.3. The molecule has 0 fully saturated rings. The third kappa shape index (κ3) is 12.7. The van der Waals surface area contributed by atoms with Crippen LogP contribution in [0.15, 0.2) is 48.5 Å². The summed E-state index contributed by atoms with van der Waals surface area (Å²) >= 11 is 0. The average Bonchev–Trinajstić information content (AvgIpc) is 2.59. The molecule has 0 aliphatic rings. The van der Waals surface area contributed by atoms with Crippen LogP contribution in [-0.2, 0) is 13.1 Å². The third-order valence-electron chi connectivity index (χ3n) is 2.69. The highest BCUT2D eigenvalue weighted by molar-refractivity contribution is 5.31. The molecule has 24 heavy (non-hydrogen) atoms. The lowest BCUT2D eigenvalue weighted by atomic mass is 10.1. The van der Waals surface area contributed by atoms with Crippen LogP contribution in [0, 0.1) is 6.92 Å². The summed E-state index contributed by atoms with van der Waals surface area (Å²) in [6.45, 7) is 11.4. The van der Waals surface area contributed by atoms with Crippen LogP contribution in [0.1, 0.15) is 58.2 Å². The van der Waals surface area contributed by atoms with Crippen LogP contribution >= 0.6 is 0 Å². The second-order valence-electron chi connectivity index (χ2n) is 4.67. The van der Waals surface area contributed by atoms with E-state index in [4.69, 9.17) is 16.6 Å². The minimum absolute atomic E-state index is 0. The van der Waals surface area contributed by atoms with Gasteiger partial charge in [-0.3, -0.25) is 0 Å². The number of phenols is 1. The normalized spacial score (nSPS) is 8.12. The van der Waals surface area contributed by atoms with Crippen molar-refractivity contribution >= 4 is 0 Å². The maximum Gasteiger partial charge on any atom is 0.120 e. The van der Waals surface area contributed by atoms with E-state index in [2.05, 4.69) is 32.9 Å². The van der Waals surface area contributed by atoms with E-state index in [0.717, 1.165) is 5.56 Å². The Morgan fingerprint density at radius 1 is 0.792 bits per heavy atom. The zero-order valence-corrected chi connectivity index (χ0v) is 15.3. The molecular weight excluding hydrogens is 296 g/mol. The lowest BCUT2D eigenvalue weighted by Crippen LogP contribution is -1.97. The predicted molar refractivity (Wildman–Crippen MR) is 109 cm³/mol. The summed E-state index contributed by atoms with van der Waals surface area (Å²) in [7, 11) is 0. The number of benzene rings is 2. The molecule has 0 aliphatic heterocycles. The van der Waals surface area contributed by atoms with Crippen molar-refractivity contribution in [3.8, 4) is 5.75 Å². The van der Waals surface area contributed by atoms with Gasteiger partial charge in [0.25, 0.3) is 0 Å². The summed E-state index contributed by atoms with van der Waals surface area (Å²) in [5.41, 5.74) is 14.0. The molecule has 2 rings (SSSR count). The van der Waals surface area contributed by atoms with E-state index < -0.39 is 0 Å². The Balaban J connectivity index is -0.000000282. The zero-order chi connectivity index (χ0) is 18.1. The monoisotopic (exact) mass is 334 g/mol. The van der Waals surface area contributed by atoms with Crippen molar-refractivity contribution in [1.29, 1.82) is 0 Å². The fourth-order valence-electron chi connectivity index (χ4n) is 1.52. The number of hydrogen-bond donors (Lipinski definition) is 3. The van der Waals surface area contributed by atoms with Crippen LogP contribution < -0.4 is 11.5 Å². The van der Waals surface area contributed by atoms with Gasteiger partial charge in [-0.15, -0.1) is 0 Å². The number of rotatable bonds is 2. The molecule has 0 aliphatic carbocycles. The molecule has 0 heterocycles. The van der Waals surface area contributed by atoms with Gasteiger partial charge >= 0.3 is 0 Å². The topological polar surface area (TPSA) is 72.3 Å². The van der Waals surface area contributed by atoms with E-state index in [1.54, 1.807) is 18.2 Å². The van der Waals surface area contributed by atoms with E-state index in [0.29, 0.717) is 13.1 Å². The first-order valence-corrected chi connectivity index (χ1v) is 8.32. The van der Waals surface area contributed by atoms with Crippen LogP contribution in [-0.4, -0.2) is 5.11 Å². The molecule has 3 nitrogen and oxygen atoms in total. The van der Waals surface area contributed by atoms with Crippen LogP contribution in [0.3, 0.4) is 0 Å². The maximum atomic E-state index is 9.03. The molecule has 2 aromatic carbocycles. The number of nitrogens with two attached hydrogens (primary N) is 2. The molecule has 0 amide bonds. The first kappa shape index (κ1) is 27.0. The Labute approximate surface area is 149 Å². The fraction of sp³-hybridized carbons (Fsp3) is 0.429. The number of aryl methyl sites for hydroxylation is 1. The van der Waals surface area contributed by atoms with E-state index in [-0.39, 0.29) is 13.2 Å². The highest BCUT2D eigenvalue weighted by Crippen LogP contribution is 2.13. The Bertz CT molecular complexity index is 453. The van der Waals surface area contributed by atoms with Gasteiger partial charge in [-0.05, 0) is 24.1 Å². The lowest BCUT2D eigenvalue weighted by Gasteiger charge is -1.98. The molecule has 0 unspecified atom stereocenters. The van der Waals surface area contributed by atoms with Gasteiger partial charge in [-0.1, -0.05) is 84.0 Å². The summed E-state index contributed by atoms with van der Waals surface area (Å²) in [6.07, 6.45) is 1.25. The number of para-hydroxylation sites is 1. The van der Waals surface area contributed by atoms with Crippen molar-refractivity contribution in [3.05, 3.63) is 65.2 Å². The molecule has 0 saturated carbocycles. The fourth-order valence-corrected chi connectivity index (χ4v) is 1.52. The standard InChI is InChI=1S/C8H11N.C7H9NO.C3H8.C2H6.CH4/c1-7-4-2-3-5-8(7)6-9;8-5-6-3-1-2-4-7(6)9;1-3-2;1-2;/h2-5H,6,9H2,1H3;1-4,9H,5,8H2;3H2,1-2H3;1-2H3;1H4. The molecular formula is C21H38N2O. The predicted octanol–water partition coefficient (Wildman–Crippen LogP) is 5.38. The van der Waals surface area contributed by atoms with Crippen molar-refractivity contribution in [1.82, 2.24) is 0 Å². The Hall–Kier alpha value is -1.84. The van der Waals surface area contributed by atoms with Gasteiger partial charge in [-0.25, -0.2) is 0 Å². The number of hydrogen-bond acceptors (Lipinski definition) is 3. The van der Waals surface area contributed by atoms with Crippen molar-refractivity contribution in [2.75, 3.05) is 0 Å². The maximum absolute atomic E-state index is 9.03. The smallest absolute Gasteiger partial charge is 0.120 e. The Morgan fingerprint density at radius 2 is 1.17 bits per heavy atom. The van der Waals surface area contributed by atoms with Crippen molar-refractivity contribution in [2.45, 2.75) is 61.6 Å². The second kappa shape index (κ2) is 19.2. The van der Waals surface area contributed by atoms with Crippen LogP contribution in [0.25, 0.3) is 0 Å². The van der Waals surface area contributed by atoms with Crippen molar-refractivity contribution < 1.29 is 5.11 Å². The number of aromatic hydroxyl groups is 1. The minimum Gasteiger partial charge on any atom is -0.508 e. The largest absolute Gasteiger partial charge is 0.508 e. The summed E-state index contributed by atoms with van der Waals surface area (Å²) in [5.74, 6) is 0.278. The first-order valence-electron chi connectivity index (χ1n) is 8.32. The third-order valence-corrected chi connectivity index (χ3v) is 2.69. The minimum atomic E-state index is 0. The Kier molecular flexibility index (Phi) is 21.6. The van der Waals surface area contributed by atoms with Gasteiger partial charge in [0.05, 0.1) is 0 Å². The lowest BCUT2D eigenvalue weighted by molar-refractivity contribution is 0.468. The molecule has 0 atom stereocenters. The average molecular weight is 335 g/mol. The summed E-state index contributed by atoms with van der Waals surface area (Å²) in [4.78, 5) is 0. The molecule has 0 bridgehead atoms. The molecule has 2 aromatic rings. The zero-order valence-electron chi connectivity index (χ0n) is 15.3. The molecule has 0 spiro atoms. The van der Waals surface area contributed by atoms with Gasteiger partial charge in [0, 0.05) is 18.7 Å². The van der Waals surface area contributed by atoms with E-state index >= 15 is 0 Å². The van der Waals surface area contributed by atoms with Gasteiger partial charge in [0.1, 0.15) is 5.75 Å². The Morgan fingerprint density at radius 3 is 1.46 bits per heavy atom. The van der Waals surface area contributed by atoms with Crippen molar-refractivity contribution in [3.63, 3.8) is 0 Å². The van der Waals surface area contributed by atoms with E-state index in [9.17, 15) is 0 Å². The van der Waals surface area contributed by atoms with Gasteiger partial charge < -0.3 is 16.6 Å². The molecule has 3 heteroatoms. The van der Waals surface area contributed by atoms with E-state index in [1.165, 1.54) is 17.5 Å². The molecule has 138 valence electrons. The highest BCUT2D eigenvalue weighted by Gasteiger charge is 1.92. The summed E-state index contributed by atoms with van der Waals surface area (Å²) in [5, 5.41) is 9.03. The van der Waals surface area contributed by atoms with Crippen LogP contribution in [0.5, 0.6) is 5.75 Å². The van der Waals surface area contributed by atoms with Gasteiger partial charge in [0.15, 0.2) is 0 Å². The van der Waals surface area contributed by atoms with E-state index in [1.807, 2.05) is 32.0 Å². The van der Waals surface area contributed by atoms with Crippen molar-refractivity contribution in [2.24, 2.45) is 11.5 Å². The quantitative estimate of drug-likeness (QED) is 0.690. The number of phenolic OH excluding ortho intramolecular Hbond substituents is 1. The van der Waals surface area contributed by atoms with Crippen LogP contribution in [0.2, 0.25) is 0 Å². The molecule has 5 N–H and O–H groups in total. The summed E-state index contributed by atoms with van der Waals surface area (Å²) in [6, 6.07) is 15.2. The SMILES string of the molecule is C.CC.CCC.Cc1ccccc1CN.NCc1ccccc1O. The molecule has 0 saturated heterocycles. The second-order valence-corrected chi connectivity index (χ2v) is 4.67. The molecule has 0 radical (unpaired) electrons. The molecule has 0 aromatic heterocycles. The van der Waals surface area contributed by atoms with Gasteiger partial charge in [0.2, 0.25) is 0 Å². The van der Waals surface area contributed by atoms with Gasteiger partial charge in [-0.2, -0.15) is 0 Å². The van der Waals surface area contributed by atoms with Crippen LogP contribution in [0.4, 0.5) is 0 Å². The summed E-state index contributed by atoms with van der Waals surface area (Å²) < 4.78 is 0. The first-order chi connectivity index (χ1) is 11.1.